The molecule has 35 heavy (non-hydrogen) atoms. The average Bonchev–Trinajstić information content (AvgIpc) is 3.23. The Hall–Kier alpha value is -4.39. The van der Waals surface area contributed by atoms with Gasteiger partial charge in [0.05, 0.1) is 28.0 Å². The Bertz CT molecular complexity index is 1740. The number of benzene rings is 3. The minimum atomic E-state index is -0.662. The summed E-state index contributed by atoms with van der Waals surface area (Å²) in [6.07, 6.45) is -0.662. The third-order valence-corrected chi connectivity index (χ3v) is 6.71. The van der Waals surface area contributed by atoms with Gasteiger partial charge in [-0.3, -0.25) is 13.9 Å². The van der Waals surface area contributed by atoms with Crippen LogP contribution in [0, 0.1) is 12.7 Å². The lowest BCUT2D eigenvalue weighted by atomic mass is 10.0. The van der Waals surface area contributed by atoms with Crippen LogP contribution in [0.15, 0.2) is 82.4 Å². The number of hydrogen-bond donors (Lipinski definition) is 0. The largest absolute Gasteiger partial charge is 0.477 e. The monoisotopic (exact) mass is 467 g/mol. The number of nitrogens with zero attached hydrogens (tertiary/aromatic N) is 3. The van der Waals surface area contributed by atoms with E-state index in [2.05, 4.69) is 0 Å². The van der Waals surface area contributed by atoms with Crippen molar-refractivity contribution >= 4 is 10.9 Å². The fraction of sp³-hybridized carbons (Fsp3) is 0.143. The summed E-state index contributed by atoms with van der Waals surface area (Å²) < 4.78 is 24.9. The van der Waals surface area contributed by atoms with Gasteiger partial charge in [-0.15, -0.1) is 0 Å². The van der Waals surface area contributed by atoms with Gasteiger partial charge in [0.15, 0.2) is 6.10 Å². The summed E-state index contributed by atoms with van der Waals surface area (Å²) in [5, 5.41) is 0.431. The van der Waals surface area contributed by atoms with Gasteiger partial charge in [0.2, 0.25) is 0 Å². The maximum atomic E-state index is 13.8. The molecule has 0 saturated heterocycles. The molecule has 0 aliphatic carbocycles. The lowest BCUT2D eigenvalue weighted by Gasteiger charge is -2.30. The first kappa shape index (κ1) is 21.2. The molecule has 2 aromatic heterocycles. The maximum absolute atomic E-state index is 13.8. The summed E-state index contributed by atoms with van der Waals surface area (Å²) in [6, 6.07) is 21.6. The highest BCUT2D eigenvalue weighted by Crippen LogP contribution is 2.46. The van der Waals surface area contributed by atoms with Gasteiger partial charge in [-0.2, -0.15) is 0 Å². The fourth-order valence-electron chi connectivity index (χ4n) is 4.96. The van der Waals surface area contributed by atoms with Gasteiger partial charge in [0, 0.05) is 14.1 Å². The molecule has 1 unspecified atom stereocenters. The van der Waals surface area contributed by atoms with Gasteiger partial charge >= 0.3 is 5.69 Å². The Morgan fingerprint density at radius 3 is 2.26 bits per heavy atom. The third-order valence-electron chi connectivity index (χ3n) is 6.71. The molecule has 0 amide bonds. The molecule has 5 aromatic rings. The Labute approximate surface area is 200 Å². The summed E-state index contributed by atoms with van der Waals surface area (Å²) in [5.74, 6) is 0.275. The summed E-state index contributed by atoms with van der Waals surface area (Å²) in [7, 11) is 3.15. The zero-order chi connectivity index (χ0) is 24.4. The standard InChI is InChI=1S/C28H22FN3O3/c1-16-8-10-17(11-9-16)23-22-24(30(2)28(34)31(3)27(22)33)25-26(18-12-14-19(29)15-13-18)35-21-7-5-4-6-20(21)32(23)25/h4-15,26H,1-3H3. The molecule has 6 nitrogen and oxygen atoms in total. The van der Waals surface area contributed by atoms with E-state index >= 15 is 0 Å². The molecule has 0 saturated carbocycles. The van der Waals surface area contributed by atoms with Crippen LogP contribution in [0.1, 0.15) is 22.9 Å². The number of halogens is 1. The van der Waals surface area contributed by atoms with Crippen molar-refractivity contribution in [3.05, 3.63) is 116 Å². The molecular weight excluding hydrogens is 445 g/mol. The zero-order valence-electron chi connectivity index (χ0n) is 19.4. The summed E-state index contributed by atoms with van der Waals surface area (Å²) in [6.45, 7) is 2.01. The molecule has 0 radical (unpaired) electrons. The van der Waals surface area contributed by atoms with Crippen LogP contribution in [-0.4, -0.2) is 13.7 Å². The highest BCUT2D eigenvalue weighted by molar-refractivity contribution is 5.98. The SMILES string of the molecule is Cc1ccc(-c2c3c(=O)n(C)c(=O)n(C)c3c3n2-c2ccccc2OC3c2ccc(F)cc2)cc1. The molecule has 1 atom stereocenters. The predicted molar refractivity (Wildman–Crippen MR) is 133 cm³/mol. The van der Waals surface area contributed by atoms with E-state index in [1.807, 2.05) is 60.0 Å². The van der Waals surface area contributed by atoms with Crippen molar-refractivity contribution in [3.63, 3.8) is 0 Å². The number of ether oxygens (including phenoxy) is 1. The topological polar surface area (TPSA) is 58.2 Å². The highest BCUT2D eigenvalue weighted by atomic mass is 19.1. The Morgan fingerprint density at radius 1 is 0.857 bits per heavy atom. The number of aromatic nitrogens is 3. The summed E-state index contributed by atoms with van der Waals surface area (Å²) >= 11 is 0. The van der Waals surface area contributed by atoms with Crippen LogP contribution in [0.3, 0.4) is 0 Å². The molecule has 3 heterocycles. The number of para-hydroxylation sites is 2. The van der Waals surface area contributed by atoms with Gasteiger partial charge in [0.1, 0.15) is 11.6 Å². The van der Waals surface area contributed by atoms with Crippen molar-refractivity contribution in [3.8, 4) is 22.7 Å². The lowest BCUT2D eigenvalue weighted by Crippen LogP contribution is -2.37. The molecule has 1 aliphatic rings. The zero-order valence-corrected chi connectivity index (χ0v) is 19.4. The Morgan fingerprint density at radius 2 is 1.54 bits per heavy atom. The van der Waals surface area contributed by atoms with Crippen LogP contribution in [0.5, 0.6) is 5.75 Å². The molecule has 1 aliphatic heterocycles. The third kappa shape index (κ3) is 3.01. The van der Waals surface area contributed by atoms with Gasteiger partial charge in [-0.05, 0) is 42.3 Å². The van der Waals surface area contributed by atoms with Crippen molar-refractivity contribution in [2.45, 2.75) is 13.0 Å². The van der Waals surface area contributed by atoms with Crippen LogP contribution >= 0.6 is 0 Å². The molecule has 0 N–H and O–H groups in total. The van der Waals surface area contributed by atoms with Crippen molar-refractivity contribution in [1.82, 2.24) is 13.7 Å². The van der Waals surface area contributed by atoms with Crippen molar-refractivity contribution in [2.24, 2.45) is 14.1 Å². The van der Waals surface area contributed by atoms with Crippen molar-refractivity contribution in [1.29, 1.82) is 0 Å². The van der Waals surface area contributed by atoms with Crippen molar-refractivity contribution in [2.75, 3.05) is 0 Å². The second-order valence-electron chi connectivity index (χ2n) is 8.88. The number of hydrogen-bond acceptors (Lipinski definition) is 3. The van der Waals surface area contributed by atoms with E-state index in [0.717, 1.165) is 21.4 Å². The van der Waals surface area contributed by atoms with Crippen LogP contribution in [0.2, 0.25) is 0 Å². The maximum Gasteiger partial charge on any atom is 0.331 e. The summed E-state index contributed by atoms with van der Waals surface area (Å²) in [5.41, 5.74) is 4.45. The van der Waals surface area contributed by atoms with Crippen LogP contribution in [0.4, 0.5) is 4.39 Å². The summed E-state index contributed by atoms with van der Waals surface area (Å²) in [4.78, 5) is 26.7. The first-order chi connectivity index (χ1) is 16.9. The minimum Gasteiger partial charge on any atom is -0.477 e. The van der Waals surface area contributed by atoms with Gasteiger partial charge in [0.25, 0.3) is 5.56 Å². The van der Waals surface area contributed by atoms with Crippen LogP contribution in [-0.2, 0) is 14.1 Å². The van der Waals surface area contributed by atoms with Gasteiger partial charge in [-0.25, -0.2) is 9.18 Å². The molecular formula is C28H22FN3O3. The average molecular weight is 468 g/mol. The lowest BCUT2D eigenvalue weighted by molar-refractivity contribution is 0.229. The molecule has 7 heteroatoms. The number of rotatable bonds is 2. The number of fused-ring (bicyclic) bond motifs is 5. The quantitative estimate of drug-likeness (QED) is 0.381. The molecule has 0 spiro atoms. The Kier molecular flexibility index (Phi) is 4.57. The van der Waals surface area contributed by atoms with Crippen LogP contribution in [0.25, 0.3) is 27.8 Å². The Balaban J connectivity index is 1.85. The first-order valence-electron chi connectivity index (χ1n) is 11.3. The van der Waals surface area contributed by atoms with Gasteiger partial charge < -0.3 is 9.30 Å². The van der Waals surface area contributed by atoms with E-state index in [1.165, 1.54) is 23.7 Å². The van der Waals surface area contributed by atoms with E-state index in [4.69, 9.17) is 4.74 Å². The molecule has 0 fully saturated rings. The van der Waals surface area contributed by atoms with E-state index in [-0.39, 0.29) is 11.4 Å². The second-order valence-corrected chi connectivity index (χ2v) is 8.88. The molecule has 3 aromatic carbocycles. The van der Waals surface area contributed by atoms with Crippen LogP contribution < -0.4 is 16.0 Å². The minimum absolute atomic E-state index is 0.355. The van der Waals surface area contributed by atoms with E-state index < -0.39 is 11.8 Å². The normalized spacial score (nSPS) is 14.5. The smallest absolute Gasteiger partial charge is 0.331 e. The molecule has 0 bridgehead atoms. The predicted octanol–water partition coefficient (Wildman–Crippen LogP) is 4.62. The fourth-order valence-corrected chi connectivity index (χ4v) is 4.96. The first-order valence-corrected chi connectivity index (χ1v) is 11.3. The van der Waals surface area contributed by atoms with Crippen molar-refractivity contribution < 1.29 is 9.13 Å². The number of aryl methyl sites for hydroxylation is 2. The van der Waals surface area contributed by atoms with E-state index in [9.17, 15) is 14.0 Å². The molecule has 174 valence electrons. The molecule has 6 rings (SSSR count). The van der Waals surface area contributed by atoms with E-state index in [0.29, 0.717) is 33.6 Å². The second kappa shape index (κ2) is 7.56. The highest BCUT2D eigenvalue weighted by Gasteiger charge is 2.36. The van der Waals surface area contributed by atoms with Gasteiger partial charge in [-0.1, -0.05) is 54.1 Å². The van der Waals surface area contributed by atoms with E-state index in [1.54, 1.807) is 19.2 Å².